The molecule has 0 aromatic heterocycles. The average Bonchev–Trinajstić information content (AvgIpc) is 3.38. The number of allylic oxidation sites excluding steroid dienone is 12. The quantitative estimate of drug-likeness (QED) is 0.0172. The molecule has 11 unspecified atom stereocenters. The van der Waals surface area contributed by atoms with Crippen LogP contribution in [0, 0.1) is 0 Å². The van der Waals surface area contributed by atoms with E-state index >= 15 is 0 Å². The third-order valence-electron chi connectivity index (χ3n) is 13.0. The number of hydrogen-bond acceptors (Lipinski definition) is 15. The number of carbonyl (C=O) groups is 2. The van der Waals surface area contributed by atoms with Crippen molar-refractivity contribution in [1.29, 1.82) is 0 Å². The van der Waals surface area contributed by atoms with E-state index < -0.39 is 99.3 Å². The van der Waals surface area contributed by atoms with Crippen molar-refractivity contribution in [2.45, 2.75) is 255 Å². The highest BCUT2D eigenvalue weighted by Crippen LogP contribution is 2.26. The van der Waals surface area contributed by atoms with Gasteiger partial charge in [-0.3, -0.25) is 9.59 Å². The molecule has 0 aromatic rings. The Kier molecular flexibility index (Phi) is 39.9. The van der Waals surface area contributed by atoms with Gasteiger partial charge in [0.15, 0.2) is 18.7 Å². The molecule has 0 radical (unpaired) electrons. The second-order valence-electron chi connectivity index (χ2n) is 19.4. The zero-order valence-electron chi connectivity index (χ0n) is 44.6. The predicted octanol–water partition coefficient (Wildman–Crippen LogP) is 8.99. The molecule has 0 saturated carbocycles. The molecule has 0 amide bonds. The summed E-state index contributed by atoms with van der Waals surface area (Å²) in [7, 11) is 0. The van der Waals surface area contributed by atoms with Gasteiger partial charge in [-0.05, 0) is 51.4 Å². The predicted molar refractivity (Wildman–Crippen MR) is 284 cm³/mol. The van der Waals surface area contributed by atoms with Crippen LogP contribution in [0.4, 0.5) is 0 Å². The number of hydrogen-bond donors (Lipinski definition) is 7. The summed E-state index contributed by atoms with van der Waals surface area (Å²) < 4.78 is 33.6. The number of aliphatic hydroxyl groups excluding tert-OH is 7. The van der Waals surface area contributed by atoms with Gasteiger partial charge in [0.05, 0.1) is 19.8 Å². The summed E-state index contributed by atoms with van der Waals surface area (Å²) in [6.07, 6.45) is 36.5. The Hall–Kier alpha value is -3.06. The number of aliphatic hydroxyl groups is 7. The van der Waals surface area contributed by atoms with Gasteiger partial charge in [0.1, 0.15) is 55.4 Å². The Morgan fingerprint density at radius 1 is 0.452 bits per heavy atom. The number of ether oxygens (including phenoxy) is 6. The first-order chi connectivity index (χ1) is 35.5. The molecule has 2 fully saturated rings. The van der Waals surface area contributed by atoms with E-state index in [0.717, 1.165) is 51.4 Å². The Balaban J connectivity index is 1.81. The van der Waals surface area contributed by atoms with Gasteiger partial charge in [0, 0.05) is 12.8 Å². The van der Waals surface area contributed by atoms with Crippen LogP contribution in [0.1, 0.15) is 187 Å². The third-order valence-corrected chi connectivity index (χ3v) is 13.0. The van der Waals surface area contributed by atoms with E-state index in [1.807, 2.05) is 12.2 Å². The fraction of sp³-hybridized carbons (Fsp3) is 0.759. The fourth-order valence-electron chi connectivity index (χ4n) is 8.42. The van der Waals surface area contributed by atoms with Crippen molar-refractivity contribution < 1.29 is 73.8 Å². The van der Waals surface area contributed by atoms with Crippen molar-refractivity contribution >= 4 is 11.9 Å². The van der Waals surface area contributed by atoms with Gasteiger partial charge in [-0.1, -0.05) is 196 Å². The minimum absolute atomic E-state index is 0.0384. The maximum absolute atomic E-state index is 13.0. The molecule has 0 bridgehead atoms. The fourth-order valence-corrected chi connectivity index (χ4v) is 8.42. The Labute approximate surface area is 438 Å². The molecule has 2 aliphatic heterocycles. The molecular formula is C58H98O15. The lowest BCUT2D eigenvalue weighted by Crippen LogP contribution is -2.61. The molecule has 0 spiro atoms. The van der Waals surface area contributed by atoms with E-state index in [9.17, 15) is 45.3 Å². The SMILES string of the molecule is CC/C=C\C/C=C\C/C=C\C/C=C\C/C=C\C/C=C\CCC(=O)OC(COC(=O)CCCCCCCCCCCCCCCCCCCC)COC1OC(COC2OC(CO)C(O)C(O)C2O)C(O)C(O)C1O. The maximum Gasteiger partial charge on any atom is 0.306 e. The Morgan fingerprint density at radius 2 is 0.863 bits per heavy atom. The summed E-state index contributed by atoms with van der Waals surface area (Å²) in [6, 6.07) is 0. The molecule has 2 heterocycles. The molecule has 2 rings (SSSR count). The lowest BCUT2D eigenvalue weighted by atomic mass is 9.98. The highest BCUT2D eigenvalue weighted by atomic mass is 16.7. The Bertz CT molecular complexity index is 1540. The summed E-state index contributed by atoms with van der Waals surface area (Å²) in [5.41, 5.74) is 0. The van der Waals surface area contributed by atoms with Crippen LogP contribution in [0.5, 0.6) is 0 Å². The largest absolute Gasteiger partial charge is 0.462 e. The zero-order valence-corrected chi connectivity index (χ0v) is 44.6. The molecule has 15 heteroatoms. The molecular weight excluding hydrogens is 937 g/mol. The van der Waals surface area contributed by atoms with Gasteiger partial charge >= 0.3 is 11.9 Å². The minimum atomic E-state index is -1.78. The van der Waals surface area contributed by atoms with Crippen LogP contribution in [0.3, 0.4) is 0 Å². The first kappa shape index (κ1) is 66.1. The van der Waals surface area contributed by atoms with Crippen molar-refractivity contribution in [3.8, 4) is 0 Å². The standard InChI is InChI=1S/C58H98O15/c1-3-5-7-9-11-13-15-17-19-21-23-25-27-29-31-33-35-37-39-41-50(61)71-46(43-68-49(60)40-38-36-34-32-30-28-26-24-22-20-18-16-14-12-10-8-6-4-2)44-69-57-56(67)54(65)52(63)48(73-57)45-70-58-55(66)53(64)51(62)47(42-59)72-58/h5,7,11,13,17,19,23,25,29,31,35,37,46-48,51-59,62-67H,3-4,6,8-10,12,14-16,18,20-22,24,26-28,30,32-34,36,38-45H2,1-2H3/b7-5-,13-11-,19-17-,25-23-,31-29-,37-35-. The Morgan fingerprint density at radius 3 is 1.33 bits per heavy atom. The number of esters is 2. The summed E-state index contributed by atoms with van der Waals surface area (Å²) in [5, 5.41) is 72.2. The topological polar surface area (TPSA) is 231 Å². The van der Waals surface area contributed by atoms with E-state index in [1.54, 1.807) is 0 Å². The molecule has 7 N–H and O–H groups in total. The molecule has 11 atom stereocenters. The second-order valence-corrected chi connectivity index (χ2v) is 19.4. The van der Waals surface area contributed by atoms with Crippen LogP contribution in [0.15, 0.2) is 72.9 Å². The van der Waals surface area contributed by atoms with Crippen LogP contribution < -0.4 is 0 Å². The van der Waals surface area contributed by atoms with Gasteiger partial charge in [-0.25, -0.2) is 0 Å². The third kappa shape index (κ3) is 31.6. The summed E-state index contributed by atoms with van der Waals surface area (Å²) >= 11 is 0. The lowest BCUT2D eigenvalue weighted by Gasteiger charge is -2.42. The molecule has 73 heavy (non-hydrogen) atoms. The molecule has 0 aliphatic carbocycles. The highest BCUT2D eigenvalue weighted by Gasteiger charge is 2.47. The van der Waals surface area contributed by atoms with Crippen LogP contribution in [-0.2, 0) is 38.0 Å². The van der Waals surface area contributed by atoms with Crippen molar-refractivity contribution in [3.05, 3.63) is 72.9 Å². The first-order valence-corrected chi connectivity index (χ1v) is 28.0. The molecule has 15 nitrogen and oxygen atoms in total. The van der Waals surface area contributed by atoms with Gasteiger partial charge in [-0.2, -0.15) is 0 Å². The van der Waals surface area contributed by atoms with E-state index in [1.165, 1.54) is 89.9 Å². The van der Waals surface area contributed by atoms with Crippen LogP contribution in [0.25, 0.3) is 0 Å². The molecule has 420 valence electrons. The smallest absolute Gasteiger partial charge is 0.306 e. The maximum atomic E-state index is 13.0. The van der Waals surface area contributed by atoms with Gasteiger partial charge < -0.3 is 64.2 Å². The van der Waals surface area contributed by atoms with E-state index in [-0.39, 0.29) is 19.4 Å². The average molecular weight is 1040 g/mol. The van der Waals surface area contributed by atoms with E-state index in [0.29, 0.717) is 19.3 Å². The normalized spacial score (nSPS) is 25.4. The van der Waals surface area contributed by atoms with Gasteiger partial charge in [0.2, 0.25) is 0 Å². The monoisotopic (exact) mass is 1030 g/mol. The van der Waals surface area contributed by atoms with Crippen LogP contribution in [-0.4, -0.2) is 142 Å². The highest BCUT2D eigenvalue weighted by molar-refractivity contribution is 5.70. The van der Waals surface area contributed by atoms with Crippen molar-refractivity contribution in [1.82, 2.24) is 0 Å². The lowest BCUT2D eigenvalue weighted by molar-refractivity contribution is -0.332. The van der Waals surface area contributed by atoms with Crippen molar-refractivity contribution in [2.75, 3.05) is 26.4 Å². The number of unbranched alkanes of at least 4 members (excludes halogenated alkanes) is 17. The molecule has 0 aromatic carbocycles. The van der Waals surface area contributed by atoms with E-state index in [4.69, 9.17) is 28.4 Å². The van der Waals surface area contributed by atoms with Crippen molar-refractivity contribution in [2.24, 2.45) is 0 Å². The summed E-state index contributed by atoms with van der Waals surface area (Å²) in [6.45, 7) is 2.41. The summed E-state index contributed by atoms with van der Waals surface area (Å²) in [4.78, 5) is 25.8. The first-order valence-electron chi connectivity index (χ1n) is 28.0. The number of carbonyl (C=O) groups excluding carboxylic acids is 2. The second kappa shape index (κ2) is 44.1. The minimum Gasteiger partial charge on any atom is -0.462 e. The number of rotatable bonds is 43. The van der Waals surface area contributed by atoms with E-state index in [2.05, 4.69) is 74.6 Å². The van der Waals surface area contributed by atoms with Gasteiger partial charge in [-0.15, -0.1) is 0 Å². The van der Waals surface area contributed by atoms with Crippen molar-refractivity contribution in [3.63, 3.8) is 0 Å². The molecule has 2 saturated heterocycles. The van der Waals surface area contributed by atoms with Crippen LogP contribution in [0.2, 0.25) is 0 Å². The zero-order chi connectivity index (χ0) is 53.2. The van der Waals surface area contributed by atoms with Crippen LogP contribution >= 0.6 is 0 Å². The summed E-state index contributed by atoms with van der Waals surface area (Å²) in [5.74, 6) is -1.02. The van der Waals surface area contributed by atoms with Gasteiger partial charge in [0.25, 0.3) is 0 Å². The molecule has 2 aliphatic rings.